The fourth-order valence-electron chi connectivity index (χ4n) is 1.96. The van der Waals surface area contributed by atoms with Gasteiger partial charge in [0.05, 0.1) is 29.0 Å². The number of aryl methyl sites for hydroxylation is 1. The number of aromatic nitrogens is 2. The molecule has 1 aromatic heterocycles. The number of hydrogen-bond donors (Lipinski definition) is 2. The first-order chi connectivity index (χ1) is 8.63. The Kier molecular flexibility index (Phi) is 3.62. The lowest BCUT2D eigenvalue weighted by Gasteiger charge is -2.09. The SMILES string of the molecule is CCC(O)CCn1cnc2cccc(C(=O)O)c21. The van der Waals surface area contributed by atoms with Crippen molar-refractivity contribution in [2.75, 3.05) is 0 Å². The van der Waals surface area contributed by atoms with Crippen molar-refractivity contribution in [3.63, 3.8) is 0 Å². The summed E-state index contributed by atoms with van der Waals surface area (Å²) in [6.07, 6.45) is 2.55. The van der Waals surface area contributed by atoms with Crippen LogP contribution in [0, 0.1) is 0 Å². The number of fused-ring (bicyclic) bond motifs is 1. The summed E-state index contributed by atoms with van der Waals surface area (Å²) in [5, 5.41) is 18.7. The zero-order valence-electron chi connectivity index (χ0n) is 10.2. The van der Waals surface area contributed by atoms with E-state index in [-0.39, 0.29) is 11.7 Å². The van der Waals surface area contributed by atoms with Crippen LogP contribution in [0.25, 0.3) is 11.0 Å². The van der Waals surface area contributed by atoms with Gasteiger partial charge in [-0.2, -0.15) is 0 Å². The Balaban J connectivity index is 2.36. The molecule has 1 heterocycles. The maximum absolute atomic E-state index is 11.2. The number of hydrogen-bond acceptors (Lipinski definition) is 3. The molecule has 2 aromatic rings. The van der Waals surface area contributed by atoms with Gasteiger partial charge >= 0.3 is 5.97 Å². The van der Waals surface area contributed by atoms with Gasteiger partial charge in [-0.3, -0.25) is 0 Å². The third kappa shape index (κ3) is 2.36. The van der Waals surface area contributed by atoms with Gasteiger partial charge in [-0.05, 0) is 25.0 Å². The van der Waals surface area contributed by atoms with Crippen molar-refractivity contribution in [1.82, 2.24) is 9.55 Å². The summed E-state index contributed by atoms with van der Waals surface area (Å²) in [6, 6.07) is 5.04. The molecule has 0 saturated heterocycles. The molecule has 0 aliphatic heterocycles. The lowest BCUT2D eigenvalue weighted by Crippen LogP contribution is -2.10. The molecule has 0 aliphatic carbocycles. The topological polar surface area (TPSA) is 75.3 Å². The first kappa shape index (κ1) is 12.6. The van der Waals surface area contributed by atoms with Gasteiger partial charge in [0.25, 0.3) is 0 Å². The molecule has 5 heteroatoms. The molecule has 1 unspecified atom stereocenters. The van der Waals surface area contributed by atoms with Crippen LogP contribution in [0.3, 0.4) is 0 Å². The van der Waals surface area contributed by atoms with Gasteiger partial charge in [-0.25, -0.2) is 9.78 Å². The number of benzene rings is 1. The van der Waals surface area contributed by atoms with Crippen LogP contribution in [-0.2, 0) is 6.54 Å². The van der Waals surface area contributed by atoms with Gasteiger partial charge in [-0.1, -0.05) is 13.0 Å². The summed E-state index contributed by atoms with van der Waals surface area (Å²) in [6.45, 7) is 2.48. The summed E-state index contributed by atoms with van der Waals surface area (Å²) < 4.78 is 1.79. The standard InChI is InChI=1S/C13H16N2O3/c1-2-9(16)6-7-15-8-14-11-5-3-4-10(12(11)15)13(17)18/h3-5,8-9,16H,2,6-7H2,1H3,(H,17,18). The Morgan fingerprint density at radius 3 is 2.94 bits per heavy atom. The molecule has 0 saturated carbocycles. The highest BCUT2D eigenvalue weighted by atomic mass is 16.4. The molecule has 5 nitrogen and oxygen atoms in total. The number of carboxylic acid groups (broad SMARTS) is 1. The van der Waals surface area contributed by atoms with Crippen molar-refractivity contribution in [1.29, 1.82) is 0 Å². The Labute approximate surface area is 105 Å². The fraction of sp³-hybridized carbons (Fsp3) is 0.385. The van der Waals surface area contributed by atoms with Crippen molar-refractivity contribution in [3.05, 3.63) is 30.1 Å². The molecular formula is C13H16N2O3. The molecule has 18 heavy (non-hydrogen) atoms. The minimum absolute atomic E-state index is 0.246. The molecule has 96 valence electrons. The predicted molar refractivity (Wildman–Crippen MR) is 67.6 cm³/mol. The highest BCUT2D eigenvalue weighted by molar-refractivity contribution is 6.01. The molecule has 0 fully saturated rings. The van der Waals surface area contributed by atoms with E-state index >= 15 is 0 Å². The number of carboxylic acids is 1. The second-order valence-electron chi connectivity index (χ2n) is 4.27. The van der Waals surface area contributed by atoms with E-state index in [0.717, 1.165) is 0 Å². The first-order valence-electron chi connectivity index (χ1n) is 5.98. The van der Waals surface area contributed by atoms with Crippen LogP contribution in [-0.4, -0.2) is 31.8 Å². The quantitative estimate of drug-likeness (QED) is 0.847. The van der Waals surface area contributed by atoms with E-state index in [9.17, 15) is 9.90 Å². The van der Waals surface area contributed by atoms with Crippen LogP contribution in [0.2, 0.25) is 0 Å². The second-order valence-corrected chi connectivity index (χ2v) is 4.27. The van der Waals surface area contributed by atoms with Crippen LogP contribution in [0.4, 0.5) is 0 Å². The van der Waals surface area contributed by atoms with E-state index < -0.39 is 5.97 Å². The van der Waals surface area contributed by atoms with Crippen molar-refractivity contribution in [3.8, 4) is 0 Å². The summed E-state index contributed by atoms with van der Waals surface area (Å²) in [4.78, 5) is 15.4. The molecule has 0 spiro atoms. The minimum Gasteiger partial charge on any atom is -0.478 e. The summed E-state index contributed by atoms with van der Waals surface area (Å²) >= 11 is 0. The third-order valence-electron chi connectivity index (χ3n) is 3.04. The van der Waals surface area contributed by atoms with Crippen molar-refractivity contribution in [2.24, 2.45) is 0 Å². The number of rotatable bonds is 5. The van der Waals surface area contributed by atoms with Gasteiger partial charge in [0.15, 0.2) is 0 Å². The minimum atomic E-state index is -0.960. The zero-order valence-corrected chi connectivity index (χ0v) is 10.2. The molecule has 1 aromatic carbocycles. The average Bonchev–Trinajstić information content (AvgIpc) is 2.78. The molecule has 0 amide bonds. The third-order valence-corrected chi connectivity index (χ3v) is 3.04. The van der Waals surface area contributed by atoms with Crippen LogP contribution < -0.4 is 0 Å². The molecule has 0 radical (unpaired) electrons. The number of carbonyl (C=O) groups is 1. The Morgan fingerprint density at radius 1 is 1.50 bits per heavy atom. The molecular weight excluding hydrogens is 232 g/mol. The number of nitrogens with zero attached hydrogens (tertiary/aromatic N) is 2. The molecule has 1 atom stereocenters. The highest BCUT2D eigenvalue weighted by Gasteiger charge is 2.13. The molecule has 0 aliphatic rings. The number of aromatic carboxylic acids is 1. The Morgan fingerprint density at radius 2 is 2.28 bits per heavy atom. The van der Waals surface area contributed by atoms with Gasteiger partial charge < -0.3 is 14.8 Å². The van der Waals surface area contributed by atoms with Crippen LogP contribution in [0.15, 0.2) is 24.5 Å². The van der Waals surface area contributed by atoms with Gasteiger partial charge in [0.2, 0.25) is 0 Å². The maximum Gasteiger partial charge on any atom is 0.337 e. The molecule has 0 bridgehead atoms. The summed E-state index contributed by atoms with van der Waals surface area (Å²) in [7, 11) is 0. The second kappa shape index (κ2) is 5.18. The number of imidazole rings is 1. The van der Waals surface area contributed by atoms with E-state index in [4.69, 9.17) is 5.11 Å². The van der Waals surface area contributed by atoms with Crippen molar-refractivity contribution < 1.29 is 15.0 Å². The fourth-order valence-corrected chi connectivity index (χ4v) is 1.96. The van der Waals surface area contributed by atoms with Crippen LogP contribution >= 0.6 is 0 Å². The van der Waals surface area contributed by atoms with Gasteiger partial charge in [0, 0.05) is 6.54 Å². The van der Waals surface area contributed by atoms with Crippen molar-refractivity contribution in [2.45, 2.75) is 32.4 Å². The number of para-hydroxylation sites is 1. The first-order valence-corrected chi connectivity index (χ1v) is 5.98. The normalized spacial score (nSPS) is 12.8. The smallest absolute Gasteiger partial charge is 0.337 e. The van der Waals surface area contributed by atoms with E-state index in [2.05, 4.69) is 4.98 Å². The Bertz CT molecular complexity index is 562. The highest BCUT2D eigenvalue weighted by Crippen LogP contribution is 2.18. The predicted octanol–water partition coefficient (Wildman–Crippen LogP) is 1.90. The number of aliphatic hydroxyl groups is 1. The lowest BCUT2D eigenvalue weighted by atomic mass is 10.1. The largest absolute Gasteiger partial charge is 0.478 e. The van der Waals surface area contributed by atoms with Crippen LogP contribution in [0.1, 0.15) is 30.1 Å². The average molecular weight is 248 g/mol. The van der Waals surface area contributed by atoms with Gasteiger partial charge in [0.1, 0.15) is 0 Å². The van der Waals surface area contributed by atoms with E-state index in [1.54, 1.807) is 29.1 Å². The van der Waals surface area contributed by atoms with E-state index in [1.807, 2.05) is 6.92 Å². The van der Waals surface area contributed by atoms with E-state index in [0.29, 0.717) is 30.4 Å². The zero-order chi connectivity index (χ0) is 13.1. The lowest BCUT2D eigenvalue weighted by molar-refractivity contribution is 0.0698. The Hall–Kier alpha value is -1.88. The summed E-state index contributed by atoms with van der Waals surface area (Å²) in [5.41, 5.74) is 1.53. The van der Waals surface area contributed by atoms with Crippen molar-refractivity contribution >= 4 is 17.0 Å². The summed E-state index contributed by atoms with van der Waals surface area (Å²) in [5.74, 6) is -0.960. The van der Waals surface area contributed by atoms with E-state index in [1.165, 1.54) is 0 Å². The number of aliphatic hydroxyl groups excluding tert-OH is 1. The van der Waals surface area contributed by atoms with Crippen LogP contribution in [0.5, 0.6) is 0 Å². The maximum atomic E-state index is 11.2. The van der Waals surface area contributed by atoms with Gasteiger partial charge in [-0.15, -0.1) is 0 Å². The molecule has 2 rings (SSSR count). The molecule has 2 N–H and O–H groups in total. The monoisotopic (exact) mass is 248 g/mol.